The van der Waals surface area contributed by atoms with E-state index < -0.39 is 6.10 Å². The van der Waals surface area contributed by atoms with Gasteiger partial charge in [0, 0.05) is 6.07 Å². The summed E-state index contributed by atoms with van der Waals surface area (Å²) >= 11 is 0. The summed E-state index contributed by atoms with van der Waals surface area (Å²) in [6.07, 6.45) is 0.647. The third-order valence-electron chi connectivity index (χ3n) is 3.58. The number of nitrogens with zero attached hydrogens (tertiary/aromatic N) is 3. The summed E-state index contributed by atoms with van der Waals surface area (Å²) < 4.78 is 12.4. The van der Waals surface area contributed by atoms with Crippen molar-refractivity contribution in [3.63, 3.8) is 0 Å². The van der Waals surface area contributed by atoms with Gasteiger partial charge in [0.1, 0.15) is 23.9 Å². The summed E-state index contributed by atoms with van der Waals surface area (Å²) in [5.41, 5.74) is 1.44. The van der Waals surface area contributed by atoms with Gasteiger partial charge in [-0.15, -0.1) is 10.2 Å². The number of aliphatic hydroxyl groups excluding tert-OH is 1. The molecule has 0 aliphatic heterocycles. The van der Waals surface area contributed by atoms with E-state index in [0.717, 1.165) is 5.56 Å². The van der Waals surface area contributed by atoms with Crippen LogP contribution in [0.2, 0.25) is 0 Å². The van der Waals surface area contributed by atoms with Crippen LogP contribution in [0, 0.1) is 0 Å². The van der Waals surface area contributed by atoms with Gasteiger partial charge in [0.15, 0.2) is 5.82 Å². The van der Waals surface area contributed by atoms with Crippen LogP contribution in [0.3, 0.4) is 0 Å². The number of aliphatic hydroxyl groups is 1. The van der Waals surface area contributed by atoms with Crippen molar-refractivity contribution < 1.29 is 14.6 Å². The Morgan fingerprint density at radius 2 is 1.83 bits per heavy atom. The van der Waals surface area contributed by atoms with E-state index >= 15 is 0 Å². The van der Waals surface area contributed by atoms with Crippen LogP contribution in [0.25, 0.3) is 5.69 Å². The van der Waals surface area contributed by atoms with Crippen molar-refractivity contribution in [2.75, 3.05) is 14.2 Å². The number of hydrogen-bond donors (Lipinski definition) is 1. The molecule has 0 unspecified atom stereocenters. The van der Waals surface area contributed by atoms with Crippen LogP contribution < -0.4 is 9.47 Å². The maximum atomic E-state index is 10.6. The third-order valence-corrected chi connectivity index (χ3v) is 3.58. The molecule has 118 valence electrons. The zero-order chi connectivity index (χ0) is 16.2. The molecule has 6 heteroatoms. The van der Waals surface area contributed by atoms with Crippen molar-refractivity contribution in [1.29, 1.82) is 0 Å². The average Bonchev–Trinajstić information content (AvgIpc) is 3.10. The van der Waals surface area contributed by atoms with Crippen LogP contribution in [-0.2, 0) is 0 Å². The molecule has 1 heterocycles. The first-order valence-electron chi connectivity index (χ1n) is 7.10. The summed E-state index contributed by atoms with van der Waals surface area (Å²) in [5, 5.41) is 18.6. The third kappa shape index (κ3) is 2.89. The standard InChI is InChI=1S/C17H17N3O3/c1-22-13-8-9-15(23-2)14(10-13)20-11-18-19-17(20)16(21)12-6-4-3-5-7-12/h3-11,16,21H,1-2H3/t16-/m1/s1. The number of benzene rings is 2. The molecule has 0 saturated heterocycles. The van der Waals surface area contributed by atoms with Gasteiger partial charge >= 0.3 is 0 Å². The van der Waals surface area contributed by atoms with Crippen molar-refractivity contribution in [3.05, 3.63) is 66.2 Å². The van der Waals surface area contributed by atoms with Crippen molar-refractivity contribution >= 4 is 0 Å². The van der Waals surface area contributed by atoms with Gasteiger partial charge in [0.05, 0.1) is 19.9 Å². The van der Waals surface area contributed by atoms with Crippen molar-refractivity contribution in [1.82, 2.24) is 14.8 Å². The Labute approximate surface area is 133 Å². The molecule has 0 spiro atoms. The van der Waals surface area contributed by atoms with Crippen LogP contribution in [0.4, 0.5) is 0 Å². The number of aromatic nitrogens is 3. The molecule has 0 aliphatic rings. The lowest BCUT2D eigenvalue weighted by Gasteiger charge is -2.15. The molecule has 23 heavy (non-hydrogen) atoms. The first-order valence-corrected chi connectivity index (χ1v) is 7.10. The number of hydrogen-bond acceptors (Lipinski definition) is 5. The molecule has 1 atom stereocenters. The predicted molar refractivity (Wildman–Crippen MR) is 85.0 cm³/mol. The lowest BCUT2D eigenvalue weighted by molar-refractivity contribution is 0.207. The first-order chi connectivity index (χ1) is 11.2. The molecule has 3 rings (SSSR count). The zero-order valence-electron chi connectivity index (χ0n) is 12.9. The second-order valence-electron chi connectivity index (χ2n) is 4.91. The van der Waals surface area contributed by atoms with Gasteiger partial charge in [0.25, 0.3) is 0 Å². The van der Waals surface area contributed by atoms with Gasteiger partial charge < -0.3 is 14.6 Å². The Balaban J connectivity index is 2.08. The molecule has 0 bridgehead atoms. The van der Waals surface area contributed by atoms with Crippen LogP contribution >= 0.6 is 0 Å². The summed E-state index contributed by atoms with van der Waals surface area (Å²) in [7, 11) is 3.18. The SMILES string of the molecule is COc1ccc(OC)c(-n2cnnc2[C@H](O)c2ccccc2)c1. The fourth-order valence-electron chi connectivity index (χ4n) is 2.39. The van der Waals surface area contributed by atoms with Gasteiger partial charge in [-0.2, -0.15) is 0 Å². The van der Waals surface area contributed by atoms with Gasteiger partial charge in [-0.1, -0.05) is 30.3 Å². The summed E-state index contributed by atoms with van der Waals surface area (Å²) in [6.45, 7) is 0. The topological polar surface area (TPSA) is 69.4 Å². The fraction of sp³-hybridized carbons (Fsp3) is 0.176. The second-order valence-corrected chi connectivity index (χ2v) is 4.91. The average molecular weight is 311 g/mol. The van der Waals surface area contributed by atoms with E-state index in [1.54, 1.807) is 37.2 Å². The van der Waals surface area contributed by atoms with Crippen molar-refractivity contribution in [3.8, 4) is 17.2 Å². The zero-order valence-corrected chi connectivity index (χ0v) is 12.9. The van der Waals surface area contributed by atoms with Gasteiger partial charge in [0.2, 0.25) is 0 Å². The Kier molecular flexibility index (Phi) is 4.25. The first kappa shape index (κ1) is 15.1. The molecule has 0 aliphatic carbocycles. The van der Waals surface area contributed by atoms with E-state index in [1.165, 1.54) is 0 Å². The lowest BCUT2D eigenvalue weighted by atomic mass is 10.1. The highest BCUT2D eigenvalue weighted by Gasteiger charge is 2.20. The van der Waals surface area contributed by atoms with E-state index in [9.17, 15) is 5.11 Å². The van der Waals surface area contributed by atoms with Gasteiger partial charge in [-0.05, 0) is 17.7 Å². The minimum Gasteiger partial charge on any atom is -0.497 e. The Hall–Kier alpha value is -2.86. The van der Waals surface area contributed by atoms with E-state index in [2.05, 4.69) is 10.2 Å². The van der Waals surface area contributed by atoms with E-state index in [-0.39, 0.29) is 0 Å². The molecular formula is C17H17N3O3. The highest BCUT2D eigenvalue weighted by molar-refractivity contribution is 5.52. The normalized spacial score (nSPS) is 12.0. The Morgan fingerprint density at radius 1 is 1.04 bits per heavy atom. The molecule has 0 saturated carbocycles. The maximum Gasteiger partial charge on any atom is 0.171 e. The van der Waals surface area contributed by atoms with Crippen molar-refractivity contribution in [2.45, 2.75) is 6.10 Å². The van der Waals surface area contributed by atoms with Gasteiger partial charge in [-0.3, -0.25) is 4.57 Å². The fourth-order valence-corrected chi connectivity index (χ4v) is 2.39. The monoisotopic (exact) mass is 311 g/mol. The maximum absolute atomic E-state index is 10.6. The number of methoxy groups -OCH3 is 2. The Morgan fingerprint density at radius 3 is 2.52 bits per heavy atom. The van der Waals surface area contributed by atoms with Crippen LogP contribution in [0.1, 0.15) is 17.5 Å². The van der Waals surface area contributed by atoms with Crippen molar-refractivity contribution in [2.24, 2.45) is 0 Å². The highest BCUT2D eigenvalue weighted by Crippen LogP contribution is 2.30. The molecule has 1 N–H and O–H groups in total. The highest BCUT2D eigenvalue weighted by atomic mass is 16.5. The summed E-state index contributed by atoms with van der Waals surface area (Å²) in [6, 6.07) is 14.7. The van der Waals surface area contributed by atoms with Crippen LogP contribution in [0.15, 0.2) is 54.9 Å². The molecule has 6 nitrogen and oxygen atoms in total. The number of ether oxygens (including phenoxy) is 2. The molecule has 0 fully saturated rings. The minimum atomic E-state index is -0.894. The molecular weight excluding hydrogens is 294 g/mol. The van der Waals surface area contributed by atoms with Crippen LogP contribution in [-0.4, -0.2) is 34.1 Å². The molecule has 2 aromatic carbocycles. The lowest BCUT2D eigenvalue weighted by Crippen LogP contribution is -2.09. The molecule has 0 radical (unpaired) electrons. The van der Waals surface area contributed by atoms with Crippen LogP contribution in [0.5, 0.6) is 11.5 Å². The summed E-state index contributed by atoms with van der Waals surface area (Å²) in [4.78, 5) is 0. The smallest absolute Gasteiger partial charge is 0.171 e. The Bertz CT molecular complexity index is 787. The molecule has 3 aromatic rings. The molecule has 1 aromatic heterocycles. The number of rotatable bonds is 5. The minimum absolute atomic E-state index is 0.405. The van der Waals surface area contributed by atoms with E-state index in [0.29, 0.717) is 23.0 Å². The largest absolute Gasteiger partial charge is 0.497 e. The molecule has 0 amide bonds. The summed E-state index contributed by atoms with van der Waals surface area (Å²) in [5.74, 6) is 1.71. The van der Waals surface area contributed by atoms with E-state index in [1.807, 2.05) is 36.4 Å². The quantitative estimate of drug-likeness (QED) is 0.783. The predicted octanol–water partition coefficient (Wildman–Crippen LogP) is 2.37. The second kappa shape index (κ2) is 6.50. The van der Waals surface area contributed by atoms with E-state index in [4.69, 9.17) is 9.47 Å². The van der Waals surface area contributed by atoms with Gasteiger partial charge in [-0.25, -0.2) is 0 Å².